The maximum Gasteiger partial charge on any atom is 0.155 e. The average molecular weight is 189 g/mol. The Kier molecular flexibility index (Phi) is 5.52. The maximum absolute atomic E-state index is 10.6. The van der Waals surface area contributed by atoms with E-state index in [9.17, 15) is 4.79 Å². The molecule has 0 atom stereocenters. The summed E-state index contributed by atoms with van der Waals surface area (Å²) < 4.78 is 0. The third-order valence-corrected chi connectivity index (χ3v) is 1.12. The number of hydrogen-bond acceptors (Lipinski definition) is 1. The third kappa shape index (κ3) is 5.50. The van der Waals surface area contributed by atoms with Crippen molar-refractivity contribution in [3.05, 3.63) is 23.2 Å². The lowest BCUT2D eigenvalue weighted by Crippen LogP contribution is -1.85. The van der Waals surface area contributed by atoms with E-state index in [0.717, 1.165) is 0 Å². The van der Waals surface area contributed by atoms with Gasteiger partial charge in [-0.05, 0) is 11.1 Å². The van der Waals surface area contributed by atoms with Crippen LogP contribution in [0.2, 0.25) is 0 Å². The summed E-state index contributed by atoms with van der Waals surface area (Å²) >= 11 is 3.08. The van der Waals surface area contributed by atoms with E-state index in [1.165, 1.54) is 0 Å². The predicted molar refractivity (Wildman–Crippen MR) is 42.5 cm³/mol. The van der Waals surface area contributed by atoms with Crippen LogP contribution in [0.15, 0.2) is 23.2 Å². The Morgan fingerprint density at radius 3 is 2.67 bits per heavy atom. The smallest absolute Gasteiger partial charge is 0.155 e. The van der Waals surface area contributed by atoms with Crippen molar-refractivity contribution in [2.24, 2.45) is 0 Å². The number of carbonyl (C=O) groups excluding carboxylic acids is 1. The van der Waals surface area contributed by atoms with Crippen molar-refractivity contribution in [1.29, 1.82) is 0 Å². The lowest BCUT2D eigenvalue weighted by molar-refractivity contribution is -0.114. The first-order valence-electron chi connectivity index (χ1n) is 2.77. The van der Waals surface area contributed by atoms with Gasteiger partial charge in [0.25, 0.3) is 0 Å². The summed E-state index contributed by atoms with van der Waals surface area (Å²) in [5, 5.41) is 0. The Hall–Kier alpha value is -0.370. The van der Waals surface area contributed by atoms with E-state index in [4.69, 9.17) is 0 Å². The fraction of sp³-hybridized carbons (Fsp3) is 0.286. The summed E-state index contributed by atoms with van der Waals surface area (Å²) in [4.78, 5) is 12.3. The second-order valence-corrected chi connectivity index (χ2v) is 2.03. The molecule has 0 saturated heterocycles. The molecule has 0 aromatic rings. The van der Waals surface area contributed by atoms with Gasteiger partial charge in [0, 0.05) is 6.42 Å². The molecular formula is C7H9BrO. The van der Waals surface area contributed by atoms with Gasteiger partial charge in [-0.3, -0.25) is 4.79 Å². The first-order chi connectivity index (χ1) is 4.31. The molecule has 0 aliphatic heterocycles. The van der Waals surface area contributed by atoms with Gasteiger partial charge in [0.1, 0.15) is 0 Å². The lowest BCUT2D eigenvalue weighted by Gasteiger charge is -1.79. The molecule has 0 fully saturated rings. The van der Waals surface area contributed by atoms with Crippen LogP contribution in [-0.2, 0) is 4.79 Å². The van der Waals surface area contributed by atoms with Crippen LogP contribution in [0.1, 0.15) is 13.3 Å². The number of carbonyl (C=O) groups is 1. The van der Waals surface area contributed by atoms with Gasteiger partial charge in [0.05, 0.1) is 0 Å². The Morgan fingerprint density at radius 2 is 2.22 bits per heavy atom. The normalized spacial score (nSPS) is 11.3. The minimum absolute atomic E-state index is 0.153. The molecule has 0 rings (SSSR count). The summed E-state index contributed by atoms with van der Waals surface area (Å²) in [6.07, 6.45) is 5.60. The monoisotopic (exact) mass is 188 g/mol. The highest BCUT2D eigenvalue weighted by molar-refractivity contribution is 9.11. The van der Waals surface area contributed by atoms with Crippen LogP contribution >= 0.6 is 15.9 Å². The van der Waals surface area contributed by atoms with Gasteiger partial charge in [0.2, 0.25) is 0 Å². The standard InChI is InChI=1S/C7H9BrO/c1-2-7(9)5-3-4-6-8/h3-6H,2H2,1H3/b5-3+,6-4+. The summed E-state index contributed by atoms with van der Waals surface area (Å²) in [6, 6.07) is 0. The van der Waals surface area contributed by atoms with Crippen LogP contribution in [0.25, 0.3) is 0 Å². The van der Waals surface area contributed by atoms with Crippen LogP contribution in [0.5, 0.6) is 0 Å². The van der Waals surface area contributed by atoms with Crippen LogP contribution in [0.3, 0.4) is 0 Å². The number of ketones is 1. The molecule has 0 aliphatic rings. The molecule has 0 unspecified atom stereocenters. The van der Waals surface area contributed by atoms with Gasteiger partial charge < -0.3 is 0 Å². The number of halogens is 1. The van der Waals surface area contributed by atoms with Crippen molar-refractivity contribution in [2.45, 2.75) is 13.3 Å². The Morgan fingerprint density at radius 1 is 1.56 bits per heavy atom. The molecule has 0 amide bonds. The highest BCUT2D eigenvalue weighted by Crippen LogP contribution is 1.86. The first kappa shape index (κ1) is 8.63. The molecular weight excluding hydrogens is 180 g/mol. The Balaban J connectivity index is 3.57. The number of hydrogen-bond donors (Lipinski definition) is 0. The molecule has 50 valence electrons. The van der Waals surface area contributed by atoms with Gasteiger partial charge >= 0.3 is 0 Å². The van der Waals surface area contributed by atoms with Gasteiger partial charge in [-0.25, -0.2) is 0 Å². The second kappa shape index (κ2) is 5.76. The number of allylic oxidation sites excluding steroid dienone is 3. The Labute approximate surface area is 63.6 Å². The van der Waals surface area contributed by atoms with E-state index in [1.807, 2.05) is 6.92 Å². The second-order valence-electron chi connectivity index (χ2n) is 1.50. The zero-order valence-electron chi connectivity index (χ0n) is 5.30. The van der Waals surface area contributed by atoms with Gasteiger partial charge in [0.15, 0.2) is 5.78 Å². The largest absolute Gasteiger partial charge is 0.295 e. The molecule has 0 aromatic carbocycles. The van der Waals surface area contributed by atoms with Crippen molar-refractivity contribution in [3.8, 4) is 0 Å². The quantitative estimate of drug-likeness (QED) is 0.492. The van der Waals surface area contributed by atoms with Crippen LogP contribution in [0, 0.1) is 0 Å². The van der Waals surface area contributed by atoms with Crippen molar-refractivity contribution in [2.75, 3.05) is 0 Å². The van der Waals surface area contributed by atoms with E-state index < -0.39 is 0 Å². The van der Waals surface area contributed by atoms with Gasteiger partial charge in [-0.15, -0.1) is 0 Å². The molecule has 0 radical (unpaired) electrons. The molecule has 0 N–H and O–H groups in total. The van der Waals surface area contributed by atoms with E-state index >= 15 is 0 Å². The molecule has 0 spiro atoms. The summed E-state index contributed by atoms with van der Waals surface area (Å²) in [5.74, 6) is 0.153. The van der Waals surface area contributed by atoms with Crippen LogP contribution < -0.4 is 0 Å². The van der Waals surface area contributed by atoms with Gasteiger partial charge in [-0.1, -0.05) is 35.0 Å². The molecule has 0 aliphatic carbocycles. The Bertz CT molecular complexity index is 136. The first-order valence-corrected chi connectivity index (χ1v) is 3.69. The molecule has 1 nitrogen and oxygen atoms in total. The van der Waals surface area contributed by atoms with E-state index in [-0.39, 0.29) is 5.78 Å². The number of rotatable bonds is 3. The minimum atomic E-state index is 0.153. The predicted octanol–water partition coefficient (Wildman–Crippen LogP) is 2.43. The van der Waals surface area contributed by atoms with Crippen molar-refractivity contribution in [1.82, 2.24) is 0 Å². The van der Waals surface area contributed by atoms with Crippen molar-refractivity contribution in [3.63, 3.8) is 0 Å². The molecule has 0 bridgehead atoms. The molecule has 0 aromatic heterocycles. The fourth-order valence-electron chi connectivity index (χ4n) is 0.323. The molecule has 0 saturated carbocycles. The van der Waals surface area contributed by atoms with Crippen molar-refractivity contribution < 1.29 is 4.79 Å². The molecule has 0 heterocycles. The highest BCUT2D eigenvalue weighted by Gasteiger charge is 1.84. The molecule has 2 heteroatoms. The third-order valence-electron chi connectivity index (χ3n) is 0.814. The highest BCUT2D eigenvalue weighted by atomic mass is 79.9. The zero-order valence-corrected chi connectivity index (χ0v) is 6.89. The van der Waals surface area contributed by atoms with Crippen molar-refractivity contribution >= 4 is 21.7 Å². The lowest BCUT2D eigenvalue weighted by atomic mass is 10.3. The van der Waals surface area contributed by atoms with Crippen LogP contribution in [-0.4, -0.2) is 5.78 Å². The topological polar surface area (TPSA) is 17.1 Å². The average Bonchev–Trinajstić information content (AvgIpc) is 1.89. The fourth-order valence-corrected chi connectivity index (χ4v) is 0.499. The van der Waals surface area contributed by atoms with Crippen LogP contribution in [0.4, 0.5) is 0 Å². The zero-order chi connectivity index (χ0) is 7.11. The summed E-state index contributed by atoms with van der Waals surface area (Å²) in [5.41, 5.74) is 0. The van der Waals surface area contributed by atoms with E-state index in [0.29, 0.717) is 6.42 Å². The summed E-state index contributed by atoms with van der Waals surface area (Å²) in [7, 11) is 0. The SMILES string of the molecule is CCC(=O)/C=C/C=C/Br. The minimum Gasteiger partial charge on any atom is -0.295 e. The van der Waals surface area contributed by atoms with E-state index in [1.54, 1.807) is 23.2 Å². The molecule has 9 heavy (non-hydrogen) atoms. The maximum atomic E-state index is 10.6. The van der Waals surface area contributed by atoms with Gasteiger partial charge in [-0.2, -0.15) is 0 Å². The van der Waals surface area contributed by atoms with E-state index in [2.05, 4.69) is 15.9 Å². The summed E-state index contributed by atoms with van der Waals surface area (Å²) in [6.45, 7) is 1.84.